The Kier molecular flexibility index (Phi) is 11.9. The summed E-state index contributed by atoms with van der Waals surface area (Å²) in [5.41, 5.74) is 2.19. The van der Waals surface area contributed by atoms with E-state index in [0.717, 1.165) is 11.8 Å². The summed E-state index contributed by atoms with van der Waals surface area (Å²) < 4.78 is 41.4. The molecule has 226 valence electrons. The van der Waals surface area contributed by atoms with Crippen LogP contribution < -0.4 is 9.62 Å². The van der Waals surface area contributed by atoms with Gasteiger partial charge >= 0.3 is 0 Å². The van der Waals surface area contributed by atoms with Gasteiger partial charge in [-0.3, -0.25) is 13.9 Å². The maximum Gasteiger partial charge on any atom is 0.243 e. The summed E-state index contributed by atoms with van der Waals surface area (Å²) >= 11 is 6.25. The highest BCUT2D eigenvalue weighted by molar-refractivity contribution is 7.92. The molecule has 0 spiro atoms. The third kappa shape index (κ3) is 9.03. The van der Waals surface area contributed by atoms with Gasteiger partial charge in [-0.05, 0) is 56.0 Å². The van der Waals surface area contributed by atoms with Crippen LogP contribution in [-0.4, -0.2) is 50.0 Å². The molecule has 3 aromatic carbocycles. The van der Waals surface area contributed by atoms with Crippen LogP contribution in [0, 0.1) is 12.7 Å². The highest BCUT2D eigenvalue weighted by Crippen LogP contribution is 2.28. The molecule has 0 fully saturated rings. The van der Waals surface area contributed by atoms with Crippen LogP contribution in [0.25, 0.3) is 0 Å². The van der Waals surface area contributed by atoms with E-state index in [9.17, 15) is 22.4 Å². The molecular formula is C32H39ClFN3O4S. The summed E-state index contributed by atoms with van der Waals surface area (Å²) in [6, 6.07) is 19.5. The van der Waals surface area contributed by atoms with E-state index in [1.54, 1.807) is 43.3 Å². The van der Waals surface area contributed by atoms with E-state index in [0.29, 0.717) is 22.7 Å². The van der Waals surface area contributed by atoms with Crippen molar-refractivity contribution in [3.63, 3.8) is 0 Å². The summed E-state index contributed by atoms with van der Waals surface area (Å²) in [6.45, 7) is 5.50. The van der Waals surface area contributed by atoms with Gasteiger partial charge in [-0.1, -0.05) is 73.1 Å². The van der Waals surface area contributed by atoms with E-state index in [1.165, 1.54) is 15.3 Å². The Morgan fingerprint density at radius 1 is 1.00 bits per heavy atom. The van der Waals surface area contributed by atoms with Gasteiger partial charge in [-0.15, -0.1) is 0 Å². The summed E-state index contributed by atoms with van der Waals surface area (Å²) in [4.78, 5) is 28.9. The number of benzene rings is 3. The lowest BCUT2D eigenvalue weighted by atomic mass is 10.0. The second-order valence-corrected chi connectivity index (χ2v) is 12.8. The zero-order chi connectivity index (χ0) is 30.9. The molecule has 0 unspecified atom stereocenters. The Bertz CT molecular complexity index is 1470. The van der Waals surface area contributed by atoms with Gasteiger partial charge in [0.25, 0.3) is 0 Å². The number of nitrogens with zero attached hydrogens (tertiary/aromatic N) is 2. The molecule has 0 bridgehead atoms. The lowest BCUT2D eigenvalue weighted by Gasteiger charge is -2.33. The first-order valence-corrected chi connectivity index (χ1v) is 16.2. The number of anilines is 1. The number of sulfonamides is 1. The highest BCUT2D eigenvalue weighted by Gasteiger charge is 2.31. The molecule has 2 atom stereocenters. The molecule has 0 aromatic heterocycles. The summed E-state index contributed by atoms with van der Waals surface area (Å²) in [5, 5.41) is 3.42. The Morgan fingerprint density at radius 2 is 1.67 bits per heavy atom. The SMILES string of the molecule is CC[C@H](C)NC(=O)[C@H](Cc1ccccc1)N(Cc1ccccc1F)C(=O)CCCN(c1cccc(Cl)c1C)S(C)(=O)=O. The summed E-state index contributed by atoms with van der Waals surface area (Å²) in [7, 11) is -3.68. The van der Waals surface area contributed by atoms with Crippen molar-refractivity contribution in [2.45, 2.75) is 65.1 Å². The molecule has 0 aliphatic carbocycles. The van der Waals surface area contributed by atoms with Crippen molar-refractivity contribution < 1.29 is 22.4 Å². The second-order valence-electron chi connectivity index (χ2n) is 10.5. The number of carbonyl (C=O) groups is 2. The lowest BCUT2D eigenvalue weighted by molar-refractivity contribution is -0.141. The predicted molar refractivity (Wildman–Crippen MR) is 166 cm³/mol. The van der Waals surface area contributed by atoms with Gasteiger partial charge in [0.05, 0.1) is 11.9 Å². The van der Waals surface area contributed by atoms with Gasteiger partial charge in [0.1, 0.15) is 11.9 Å². The smallest absolute Gasteiger partial charge is 0.243 e. The fourth-order valence-electron chi connectivity index (χ4n) is 4.65. The summed E-state index contributed by atoms with van der Waals surface area (Å²) in [6.07, 6.45) is 2.17. The molecule has 0 saturated heterocycles. The number of nitrogens with one attached hydrogen (secondary N) is 1. The number of amides is 2. The Morgan fingerprint density at radius 3 is 2.31 bits per heavy atom. The van der Waals surface area contributed by atoms with Crippen molar-refractivity contribution in [2.75, 3.05) is 17.1 Å². The molecule has 10 heteroatoms. The van der Waals surface area contributed by atoms with E-state index >= 15 is 0 Å². The fraction of sp³-hybridized carbons (Fsp3) is 0.375. The normalized spacial score (nSPS) is 12.8. The van der Waals surface area contributed by atoms with E-state index < -0.39 is 21.9 Å². The maximum absolute atomic E-state index is 14.8. The molecular weight excluding hydrogens is 577 g/mol. The van der Waals surface area contributed by atoms with Crippen LogP contribution in [0.5, 0.6) is 0 Å². The van der Waals surface area contributed by atoms with Crippen molar-refractivity contribution in [1.29, 1.82) is 0 Å². The Hall–Kier alpha value is -3.43. The van der Waals surface area contributed by atoms with Crippen LogP contribution in [0.3, 0.4) is 0 Å². The van der Waals surface area contributed by atoms with Gasteiger partial charge in [0, 0.05) is 42.6 Å². The maximum atomic E-state index is 14.8. The highest BCUT2D eigenvalue weighted by atomic mass is 35.5. The monoisotopic (exact) mass is 615 g/mol. The van der Waals surface area contributed by atoms with Crippen molar-refractivity contribution in [1.82, 2.24) is 10.2 Å². The molecule has 0 aliphatic rings. The van der Waals surface area contributed by atoms with Gasteiger partial charge in [-0.2, -0.15) is 0 Å². The molecule has 42 heavy (non-hydrogen) atoms. The average molecular weight is 616 g/mol. The van der Waals surface area contributed by atoms with Crippen molar-refractivity contribution in [2.24, 2.45) is 0 Å². The number of hydrogen-bond acceptors (Lipinski definition) is 4. The minimum atomic E-state index is -3.68. The first kappa shape index (κ1) is 33.1. The zero-order valence-electron chi connectivity index (χ0n) is 24.5. The van der Waals surface area contributed by atoms with Crippen LogP contribution in [-0.2, 0) is 32.6 Å². The van der Waals surface area contributed by atoms with E-state index in [4.69, 9.17) is 11.6 Å². The van der Waals surface area contributed by atoms with Crippen molar-refractivity contribution in [3.05, 3.63) is 100 Å². The van der Waals surface area contributed by atoms with Crippen molar-refractivity contribution in [3.8, 4) is 0 Å². The van der Waals surface area contributed by atoms with Crippen LogP contribution in [0.1, 0.15) is 49.8 Å². The van der Waals surface area contributed by atoms with Gasteiger partial charge in [-0.25, -0.2) is 12.8 Å². The standard InChI is InChI=1S/C32H39ClFN3O4S/c1-5-23(2)35-32(39)30(21-25-13-7-6-8-14-25)36(22-26-15-9-10-17-28(26)34)31(38)19-12-20-37(42(4,40)41)29-18-11-16-27(33)24(29)3/h6-11,13-18,23,30H,5,12,19-22H2,1-4H3,(H,35,39)/t23-,30-/m0/s1. The van der Waals surface area contributed by atoms with Gasteiger partial charge in [0.2, 0.25) is 21.8 Å². The molecule has 0 radical (unpaired) electrons. The fourth-order valence-corrected chi connectivity index (χ4v) is 5.84. The van der Waals surface area contributed by atoms with Crippen LogP contribution >= 0.6 is 11.6 Å². The summed E-state index contributed by atoms with van der Waals surface area (Å²) in [5.74, 6) is -1.18. The van der Waals surface area contributed by atoms with Crippen molar-refractivity contribution >= 4 is 39.1 Å². The molecule has 1 N–H and O–H groups in total. The second kappa shape index (κ2) is 15.2. The molecule has 3 rings (SSSR count). The molecule has 2 amide bonds. The minimum Gasteiger partial charge on any atom is -0.352 e. The molecule has 3 aromatic rings. The first-order chi connectivity index (χ1) is 19.9. The molecule has 0 saturated carbocycles. The zero-order valence-corrected chi connectivity index (χ0v) is 26.1. The largest absolute Gasteiger partial charge is 0.352 e. The quantitative estimate of drug-likeness (QED) is 0.245. The topological polar surface area (TPSA) is 86.8 Å². The van der Waals surface area contributed by atoms with E-state index in [-0.39, 0.29) is 55.8 Å². The van der Waals surface area contributed by atoms with Crippen LogP contribution in [0.2, 0.25) is 5.02 Å². The number of halogens is 2. The third-order valence-electron chi connectivity index (χ3n) is 7.23. The van der Waals surface area contributed by atoms with E-state index in [2.05, 4.69) is 5.32 Å². The van der Waals surface area contributed by atoms with E-state index in [1.807, 2.05) is 44.2 Å². The number of carbonyl (C=O) groups excluding carboxylic acids is 2. The average Bonchev–Trinajstić information content (AvgIpc) is 2.95. The molecule has 7 nitrogen and oxygen atoms in total. The Labute approximate surface area is 253 Å². The molecule has 0 heterocycles. The number of rotatable bonds is 14. The van der Waals surface area contributed by atoms with Gasteiger partial charge < -0.3 is 10.2 Å². The van der Waals surface area contributed by atoms with Crippen LogP contribution in [0.15, 0.2) is 72.8 Å². The number of hydrogen-bond donors (Lipinski definition) is 1. The third-order valence-corrected chi connectivity index (χ3v) is 8.82. The van der Waals surface area contributed by atoms with Crippen LogP contribution in [0.4, 0.5) is 10.1 Å². The first-order valence-electron chi connectivity index (χ1n) is 14.0. The minimum absolute atomic E-state index is 0.0295. The van der Waals surface area contributed by atoms with Gasteiger partial charge in [0.15, 0.2) is 0 Å². The lowest BCUT2D eigenvalue weighted by Crippen LogP contribution is -2.52. The Balaban J connectivity index is 1.92. The molecule has 0 aliphatic heterocycles. The predicted octanol–water partition coefficient (Wildman–Crippen LogP) is 5.89.